The quantitative estimate of drug-likeness (QED) is 0.199. The van der Waals surface area contributed by atoms with Crippen LogP contribution in [-0.4, -0.2) is 30.7 Å². The lowest BCUT2D eigenvalue weighted by Gasteiger charge is -2.07. The van der Waals surface area contributed by atoms with Gasteiger partial charge >= 0.3 is 0 Å². The van der Waals surface area contributed by atoms with Gasteiger partial charge in [0.15, 0.2) is 0 Å². The van der Waals surface area contributed by atoms with Crippen LogP contribution in [0, 0.1) is 0 Å². The van der Waals surface area contributed by atoms with Crippen LogP contribution in [-0.2, 0) is 4.79 Å². The Labute approximate surface area is 170 Å². The van der Waals surface area contributed by atoms with Gasteiger partial charge in [0, 0.05) is 24.5 Å². The van der Waals surface area contributed by atoms with Crippen molar-refractivity contribution in [2.75, 3.05) is 18.4 Å². The van der Waals surface area contributed by atoms with Crippen molar-refractivity contribution in [3.63, 3.8) is 0 Å². The lowest BCUT2D eigenvalue weighted by atomic mass is 10.1. The maximum absolute atomic E-state index is 12.5. The molecule has 1 heterocycles. The number of rotatable bonds is 8. The van der Waals surface area contributed by atoms with Gasteiger partial charge in [0.05, 0.1) is 5.71 Å². The molecule has 7 N–H and O–H groups in total. The molecule has 0 unspecified atom stereocenters. The van der Waals surface area contributed by atoms with Gasteiger partial charge in [-0.15, -0.1) is 5.10 Å². The fourth-order valence-corrected chi connectivity index (χ4v) is 2.52. The minimum absolute atomic E-state index is 0.100. The number of carbonyl (C=O) groups is 1. The van der Waals surface area contributed by atoms with Gasteiger partial charge in [0.25, 0.3) is 5.91 Å². The maximum Gasteiger partial charge on any atom is 0.271 e. The second kappa shape index (κ2) is 10.5. The summed E-state index contributed by atoms with van der Waals surface area (Å²) >= 11 is 0. The van der Waals surface area contributed by atoms with Crippen LogP contribution in [0.2, 0.25) is 0 Å². The molecule has 152 valence electrons. The van der Waals surface area contributed by atoms with E-state index in [-0.39, 0.29) is 11.9 Å². The first-order chi connectivity index (χ1) is 13.9. The molecule has 29 heavy (non-hydrogen) atoms. The molecule has 8 nitrogen and oxygen atoms in total. The highest BCUT2D eigenvalue weighted by atomic mass is 16.2. The number of anilines is 1. The van der Waals surface area contributed by atoms with Crippen molar-refractivity contribution in [3.05, 3.63) is 77.7 Å². The summed E-state index contributed by atoms with van der Waals surface area (Å²) in [5, 5.41) is 16.7. The van der Waals surface area contributed by atoms with Gasteiger partial charge in [-0.25, -0.2) is 0 Å². The summed E-state index contributed by atoms with van der Waals surface area (Å²) in [5.74, 6) is -0.302. The number of nitrogens with two attached hydrogens (primary N) is 2. The molecule has 0 aromatic heterocycles. The number of likely N-dealkylation sites (N-methyl/N-ethyl adjacent to an activating group) is 1. The molecule has 0 radical (unpaired) electrons. The van der Waals surface area contributed by atoms with E-state index in [9.17, 15) is 4.79 Å². The van der Waals surface area contributed by atoms with Crippen LogP contribution in [0.15, 0.2) is 82.3 Å². The molecule has 0 spiro atoms. The van der Waals surface area contributed by atoms with Gasteiger partial charge < -0.3 is 27.4 Å². The second-order valence-corrected chi connectivity index (χ2v) is 6.25. The molecule has 1 aliphatic heterocycles. The maximum atomic E-state index is 12.5. The highest BCUT2D eigenvalue weighted by molar-refractivity contribution is 6.04. The lowest BCUT2D eigenvalue weighted by Crippen LogP contribution is -2.22. The molecule has 0 aliphatic carbocycles. The number of hydrogen-bond acceptors (Lipinski definition) is 5. The first-order valence-electron chi connectivity index (χ1n) is 9.20. The van der Waals surface area contributed by atoms with Crippen LogP contribution in [0.25, 0.3) is 0 Å². The van der Waals surface area contributed by atoms with E-state index in [2.05, 4.69) is 32.7 Å². The van der Waals surface area contributed by atoms with Crippen LogP contribution >= 0.6 is 0 Å². The Morgan fingerprint density at radius 3 is 2.62 bits per heavy atom. The third-order valence-electron chi connectivity index (χ3n) is 4.01. The number of amides is 1. The summed E-state index contributed by atoms with van der Waals surface area (Å²) in [6, 6.07) is 7.26. The minimum atomic E-state index is -0.202. The normalized spacial score (nSPS) is 15.4. The molecule has 1 aromatic carbocycles. The van der Waals surface area contributed by atoms with Gasteiger partial charge in [-0.2, -0.15) is 5.10 Å². The summed E-state index contributed by atoms with van der Waals surface area (Å²) < 4.78 is 0. The monoisotopic (exact) mass is 393 g/mol. The van der Waals surface area contributed by atoms with Crippen molar-refractivity contribution in [2.24, 2.45) is 21.7 Å². The van der Waals surface area contributed by atoms with Crippen LogP contribution in [0.5, 0.6) is 0 Å². The predicted octanol–water partition coefficient (Wildman–Crippen LogP) is 1.72. The van der Waals surface area contributed by atoms with Crippen molar-refractivity contribution < 1.29 is 4.79 Å². The number of allylic oxidation sites excluding steroid dienone is 3. The smallest absolute Gasteiger partial charge is 0.271 e. The standard InChI is InChI=1S/C21H27N7O/c1-4-17(24-5-2)9-6-15-12-19(25-13-15)20(29)26-18-10-7-16(8-11-18)14(3)27-28-21(22)23/h4,6-12,24-25H,1,5,13H2,2-3H3,(H,26,29)(H4,22,23,28)/b15-6-,17-9+,27-14+. The summed E-state index contributed by atoms with van der Waals surface area (Å²) in [4.78, 5) is 12.5. The molecule has 8 heteroatoms. The zero-order valence-corrected chi connectivity index (χ0v) is 16.7. The topological polar surface area (TPSA) is 130 Å². The Kier molecular flexibility index (Phi) is 7.78. The summed E-state index contributed by atoms with van der Waals surface area (Å²) in [6.07, 6.45) is 7.49. The van der Waals surface area contributed by atoms with E-state index in [4.69, 9.17) is 11.5 Å². The van der Waals surface area contributed by atoms with Crippen molar-refractivity contribution in [2.45, 2.75) is 13.8 Å². The molecule has 2 rings (SSSR count). The number of carbonyl (C=O) groups excluding carboxylic acids is 1. The largest absolute Gasteiger partial charge is 0.385 e. The number of hydrogen-bond donors (Lipinski definition) is 5. The molecule has 0 saturated heterocycles. The molecule has 0 atom stereocenters. The number of nitrogens with one attached hydrogen (secondary N) is 3. The Hall–Kier alpha value is -3.81. The van der Waals surface area contributed by atoms with E-state index in [0.29, 0.717) is 23.6 Å². The lowest BCUT2D eigenvalue weighted by molar-refractivity contribution is -0.113. The van der Waals surface area contributed by atoms with Crippen molar-refractivity contribution >= 4 is 23.3 Å². The average molecular weight is 393 g/mol. The SMILES string of the molecule is C=C/C(=C\C=C1\C=C(C(=O)Nc2ccc(/C(C)=N/N=C(N)N)cc2)NC1)NCC. The summed E-state index contributed by atoms with van der Waals surface area (Å²) in [5.41, 5.74) is 15.2. The molecular formula is C21H27N7O. The molecule has 0 saturated carbocycles. The van der Waals surface area contributed by atoms with Crippen molar-refractivity contribution in [1.82, 2.24) is 10.6 Å². The Morgan fingerprint density at radius 2 is 2.00 bits per heavy atom. The van der Waals surface area contributed by atoms with Gasteiger partial charge in [0.1, 0.15) is 5.70 Å². The Balaban J connectivity index is 2.02. The van der Waals surface area contributed by atoms with E-state index < -0.39 is 0 Å². The molecule has 0 fully saturated rings. The molecule has 1 aromatic rings. The van der Waals surface area contributed by atoms with E-state index in [1.165, 1.54) is 0 Å². The van der Waals surface area contributed by atoms with Gasteiger partial charge in [-0.1, -0.05) is 24.8 Å². The second-order valence-electron chi connectivity index (χ2n) is 6.25. The number of guanidine groups is 1. The summed E-state index contributed by atoms with van der Waals surface area (Å²) in [7, 11) is 0. The highest BCUT2D eigenvalue weighted by Gasteiger charge is 2.15. The first kappa shape index (κ1) is 21.5. The zero-order valence-electron chi connectivity index (χ0n) is 16.7. The zero-order chi connectivity index (χ0) is 21.2. The van der Waals surface area contributed by atoms with E-state index in [0.717, 1.165) is 23.4 Å². The molecule has 1 amide bonds. The van der Waals surface area contributed by atoms with Gasteiger partial charge in [-0.05, 0) is 55.3 Å². The summed E-state index contributed by atoms with van der Waals surface area (Å²) in [6.45, 7) is 9.00. The van der Waals surface area contributed by atoms with Crippen LogP contribution in [0.3, 0.4) is 0 Å². The molecule has 1 aliphatic rings. The fraction of sp³-hybridized carbons (Fsp3) is 0.190. The first-order valence-corrected chi connectivity index (χ1v) is 9.20. The van der Waals surface area contributed by atoms with E-state index in [1.54, 1.807) is 25.1 Å². The fourth-order valence-electron chi connectivity index (χ4n) is 2.52. The van der Waals surface area contributed by atoms with E-state index in [1.807, 2.05) is 37.3 Å². The predicted molar refractivity (Wildman–Crippen MR) is 119 cm³/mol. The van der Waals surface area contributed by atoms with Crippen LogP contribution in [0.4, 0.5) is 5.69 Å². The number of benzene rings is 1. The van der Waals surface area contributed by atoms with E-state index >= 15 is 0 Å². The highest BCUT2D eigenvalue weighted by Crippen LogP contribution is 2.14. The Bertz CT molecular complexity index is 901. The third-order valence-corrected chi connectivity index (χ3v) is 4.01. The molecule has 0 bridgehead atoms. The average Bonchev–Trinajstić information content (AvgIpc) is 3.19. The van der Waals surface area contributed by atoms with Crippen molar-refractivity contribution in [1.29, 1.82) is 0 Å². The van der Waals surface area contributed by atoms with Crippen molar-refractivity contribution in [3.8, 4) is 0 Å². The van der Waals surface area contributed by atoms with Crippen LogP contribution < -0.4 is 27.4 Å². The Morgan fingerprint density at radius 1 is 1.28 bits per heavy atom. The van der Waals surface area contributed by atoms with Gasteiger partial charge in [-0.3, -0.25) is 4.79 Å². The molecular weight excluding hydrogens is 366 g/mol. The van der Waals surface area contributed by atoms with Gasteiger partial charge in [0.2, 0.25) is 5.96 Å². The number of nitrogens with zero attached hydrogens (tertiary/aromatic N) is 2. The third kappa shape index (κ3) is 6.69. The van der Waals surface area contributed by atoms with Crippen LogP contribution in [0.1, 0.15) is 19.4 Å². The minimum Gasteiger partial charge on any atom is -0.385 e.